The number of carbonyl (C=O) groups excluding carboxylic acids is 1. The molecule has 1 amide bonds. The molecule has 1 aromatic heterocycles. The third-order valence-electron chi connectivity index (χ3n) is 7.38. The number of nitrogens with one attached hydrogen (secondary N) is 1. The molecule has 0 bridgehead atoms. The molecule has 3 aromatic carbocycles. The van der Waals surface area contributed by atoms with E-state index < -0.39 is 0 Å². The van der Waals surface area contributed by atoms with Crippen molar-refractivity contribution >= 4 is 5.91 Å². The number of aromatic hydroxyl groups is 2. The summed E-state index contributed by atoms with van der Waals surface area (Å²) in [6.45, 7) is 5.32. The molecular weight excluding hydrogens is 509 g/mol. The summed E-state index contributed by atoms with van der Waals surface area (Å²) in [5, 5.41) is 28.3. The Kier molecular flexibility index (Phi) is 8.45. The Hall–Kier alpha value is -4.17. The highest BCUT2D eigenvalue weighted by Gasteiger charge is 2.26. The monoisotopic (exact) mass is 543 g/mol. The number of carbonyl (C=O) groups is 1. The van der Waals surface area contributed by atoms with Gasteiger partial charge in [-0.2, -0.15) is 0 Å². The number of aromatic nitrogens is 1. The highest BCUT2D eigenvalue weighted by Crippen LogP contribution is 2.42. The molecule has 1 fully saturated rings. The van der Waals surface area contributed by atoms with Gasteiger partial charge in [-0.1, -0.05) is 48.0 Å². The lowest BCUT2D eigenvalue weighted by molar-refractivity contribution is 0.0947. The van der Waals surface area contributed by atoms with Gasteiger partial charge in [0.15, 0.2) is 11.5 Å². The van der Waals surface area contributed by atoms with Crippen LogP contribution in [0.3, 0.4) is 0 Å². The highest BCUT2D eigenvalue weighted by molar-refractivity contribution is 6.02. The lowest BCUT2D eigenvalue weighted by Gasteiger charge is -2.26. The van der Waals surface area contributed by atoms with E-state index in [1.807, 2.05) is 31.2 Å². The molecule has 0 spiro atoms. The second-order valence-electron chi connectivity index (χ2n) is 10.3. The van der Waals surface area contributed by atoms with Gasteiger partial charge in [0.25, 0.3) is 5.91 Å². The zero-order chi connectivity index (χ0) is 28.1. The number of hydrogen-bond acceptors (Lipinski definition) is 6. The molecule has 4 aromatic rings. The molecule has 0 radical (unpaired) electrons. The number of aryl methyl sites for hydroxylation is 2. The van der Waals surface area contributed by atoms with E-state index in [1.165, 1.54) is 43.0 Å². The predicted octanol–water partition coefficient (Wildman–Crippen LogP) is 6.08. The van der Waals surface area contributed by atoms with Crippen LogP contribution in [0, 0.1) is 5.82 Å². The molecular formula is C32H34FN3O4. The fourth-order valence-corrected chi connectivity index (χ4v) is 5.23. The standard InChI is InChI=1S/C32H34FN3O4/c1-2-34-32(39)30-29(23-11-7-22(8-12-23)20-36-16-4-3-5-17-36)31(40-35-30)26-18-24(27(37)19-28(26)38)13-6-21-9-14-25(33)15-10-21/h7-12,14-15,18-19,37-38H,2-6,13,16-17,20H2,1H3,(H,34,39). The van der Waals surface area contributed by atoms with Crippen LogP contribution < -0.4 is 5.32 Å². The zero-order valence-electron chi connectivity index (χ0n) is 22.6. The van der Waals surface area contributed by atoms with Gasteiger partial charge in [0.1, 0.15) is 17.3 Å². The number of amides is 1. The SMILES string of the molecule is CCNC(=O)c1noc(-c2cc(CCc3ccc(F)cc3)c(O)cc2O)c1-c1ccc(CN2CCCCC2)cc1. The minimum atomic E-state index is -0.375. The van der Waals surface area contributed by atoms with Gasteiger partial charge in [-0.15, -0.1) is 0 Å². The van der Waals surface area contributed by atoms with E-state index in [0.29, 0.717) is 36.1 Å². The molecule has 0 saturated carbocycles. The number of halogens is 1. The summed E-state index contributed by atoms with van der Waals surface area (Å²) in [4.78, 5) is 15.4. The first-order valence-electron chi connectivity index (χ1n) is 13.8. The molecule has 0 unspecified atom stereocenters. The van der Waals surface area contributed by atoms with Crippen LogP contribution in [0.25, 0.3) is 22.5 Å². The van der Waals surface area contributed by atoms with E-state index >= 15 is 0 Å². The molecule has 40 heavy (non-hydrogen) atoms. The molecule has 0 aliphatic carbocycles. The quantitative estimate of drug-likeness (QED) is 0.237. The summed E-state index contributed by atoms with van der Waals surface area (Å²) in [7, 11) is 0. The van der Waals surface area contributed by atoms with Crippen LogP contribution in [0.15, 0.2) is 65.2 Å². The molecule has 7 nitrogen and oxygen atoms in total. The first kappa shape index (κ1) is 27.4. The van der Waals surface area contributed by atoms with Gasteiger partial charge in [0.05, 0.1) is 11.1 Å². The zero-order valence-corrected chi connectivity index (χ0v) is 22.6. The Balaban J connectivity index is 1.48. The van der Waals surface area contributed by atoms with Crippen LogP contribution in [0.2, 0.25) is 0 Å². The van der Waals surface area contributed by atoms with Gasteiger partial charge in [0, 0.05) is 19.2 Å². The number of likely N-dealkylation sites (tertiary alicyclic amines) is 1. The van der Waals surface area contributed by atoms with Crippen LogP contribution in [0.1, 0.15) is 53.4 Å². The number of hydrogen-bond donors (Lipinski definition) is 3. The molecule has 0 atom stereocenters. The van der Waals surface area contributed by atoms with Gasteiger partial charge in [-0.05, 0) is 86.1 Å². The largest absolute Gasteiger partial charge is 0.508 e. The minimum absolute atomic E-state index is 0.0598. The summed E-state index contributed by atoms with van der Waals surface area (Å²) in [6.07, 6.45) is 4.74. The van der Waals surface area contributed by atoms with Crippen LogP contribution in [0.5, 0.6) is 11.5 Å². The number of piperidine rings is 1. The molecule has 3 N–H and O–H groups in total. The predicted molar refractivity (Wildman–Crippen MR) is 152 cm³/mol. The summed E-state index contributed by atoms with van der Waals surface area (Å²) in [5.74, 6) is -0.691. The Morgan fingerprint density at radius 2 is 1.65 bits per heavy atom. The van der Waals surface area contributed by atoms with Crippen molar-refractivity contribution in [3.8, 4) is 33.9 Å². The molecule has 1 saturated heterocycles. The fourth-order valence-electron chi connectivity index (χ4n) is 5.23. The van der Waals surface area contributed by atoms with Gasteiger partial charge in [-0.3, -0.25) is 9.69 Å². The number of phenolic OH excluding ortho intramolecular Hbond substituents is 2. The maximum absolute atomic E-state index is 13.3. The molecule has 5 rings (SSSR count). The number of phenols is 2. The normalized spacial score (nSPS) is 13.8. The Morgan fingerprint density at radius 3 is 2.35 bits per heavy atom. The number of benzene rings is 3. The molecule has 1 aliphatic heterocycles. The topological polar surface area (TPSA) is 98.8 Å². The highest BCUT2D eigenvalue weighted by atomic mass is 19.1. The third-order valence-corrected chi connectivity index (χ3v) is 7.38. The molecule has 1 aliphatic rings. The van der Waals surface area contributed by atoms with Crippen molar-refractivity contribution < 1.29 is 23.9 Å². The van der Waals surface area contributed by atoms with Crippen molar-refractivity contribution in [2.45, 2.75) is 45.6 Å². The number of nitrogens with zero attached hydrogens (tertiary/aromatic N) is 2. The van der Waals surface area contributed by atoms with Crippen LogP contribution >= 0.6 is 0 Å². The maximum Gasteiger partial charge on any atom is 0.274 e. The van der Waals surface area contributed by atoms with Gasteiger partial charge < -0.3 is 20.1 Å². The van der Waals surface area contributed by atoms with Crippen molar-refractivity contribution in [2.75, 3.05) is 19.6 Å². The second kappa shape index (κ2) is 12.3. The summed E-state index contributed by atoms with van der Waals surface area (Å²) >= 11 is 0. The number of rotatable bonds is 9. The van der Waals surface area contributed by atoms with Crippen LogP contribution in [-0.2, 0) is 19.4 Å². The lowest BCUT2D eigenvalue weighted by atomic mass is 9.95. The Labute approximate surface area is 233 Å². The van der Waals surface area contributed by atoms with Gasteiger partial charge in [0.2, 0.25) is 0 Å². The molecule has 8 heteroatoms. The van der Waals surface area contributed by atoms with E-state index in [0.717, 1.165) is 30.8 Å². The lowest BCUT2D eigenvalue weighted by Crippen LogP contribution is -2.29. The van der Waals surface area contributed by atoms with E-state index in [-0.39, 0.29) is 34.7 Å². The van der Waals surface area contributed by atoms with E-state index in [9.17, 15) is 19.4 Å². The second-order valence-corrected chi connectivity index (χ2v) is 10.3. The minimum Gasteiger partial charge on any atom is -0.508 e. The molecule has 208 valence electrons. The van der Waals surface area contributed by atoms with Crippen molar-refractivity contribution in [3.05, 3.63) is 88.9 Å². The summed E-state index contributed by atoms with van der Waals surface area (Å²) in [6, 6.07) is 17.1. The summed E-state index contributed by atoms with van der Waals surface area (Å²) < 4.78 is 19.0. The van der Waals surface area contributed by atoms with Crippen molar-refractivity contribution in [2.24, 2.45) is 0 Å². The van der Waals surface area contributed by atoms with E-state index in [2.05, 4.69) is 15.4 Å². The Morgan fingerprint density at radius 1 is 0.950 bits per heavy atom. The van der Waals surface area contributed by atoms with Crippen molar-refractivity contribution in [3.63, 3.8) is 0 Å². The third kappa shape index (κ3) is 6.18. The van der Waals surface area contributed by atoms with Crippen molar-refractivity contribution in [1.82, 2.24) is 15.4 Å². The van der Waals surface area contributed by atoms with E-state index in [1.54, 1.807) is 18.2 Å². The smallest absolute Gasteiger partial charge is 0.274 e. The van der Waals surface area contributed by atoms with E-state index in [4.69, 9.17) is 4.52 Å². The van der Waals surface area contributed by atoms with Gasteiger partial charge >= 0.3 is 0 Å². The Bertz CT molecular complexity index is 1460. The van der Waals surface area contributed by atoms with Crippen LogP contribution in [0.4, 0.5) is 4.39 Å². The van der Waals surface area contributed by atoms with Gasteiger partial charge in [-0.25, -0.2) is 4.39 Å². The fraction of sp³-hybridized carbons (Fsp3) is 0.312. The van der Waals surface area contributed by atoms with Crippen molar-refractivity contribution in [1.29, 1.82) is 0 Å². The first-order valence-corrected chi connectivity index (χ1v) is 13.8. The first-order chi connectivity index (χ1) is 19.4. The average Bonchev–Trinajstić information content (AvgIpc) is 3.40. The van der Waals surface area contributed by atoms with Crippen LogP contribution in [-0.4, -0.2) is 45.8 Å². The summed E-state index contributed by atoms with van der Waals surface area (Å²) in [5.41, 5.74) is 4.33. The maximum atomic E-state index is 13.3. The average molecular weight is 544 g/mol. The molecule has 2 heterocycles.